The van der Waals surface area contributed by atoms with Gasteiger partial charge in [-0.15, -0.1) is 0 Å². The fourth-order valence-corrected chi connectivity index (χ4v) is 3.36. The van der Waals surface area contributed by atoms with Gasteiger partial charge in [0.15, 0.2) is 11.5 Å². The number of hydrogen-bond donors (Lipinski definition) is 1. The van der Waals surface area contributed by atoms with Crippen LogP contribution in [0.5, 0.6) is 11.5 Å². The van der Waals surface area contributed by atoms with Gasteiger partial charge in [-0.1, -0.05) is 6.07 Å². The number of carbonyl (C=O) groups is 2. The van der Waals surface area contributed by atoms with E-state index in [1.54, 1.807) is 32.1 Å². The molecule has 0 bridgehead atoms. The second-order valence-electron chi connectivity index (χ2n) is 6.57. The highest BCUT2D eigenvalue weighted by molar-refractivity contribution is 5.98. The fraction of sp³-hybridized carbons (Fsp3) is 0.333. The maximum Gasteiger partial charge on any atom is 0.251 e. The summed E-state index contributed by atoms with van der Waals surface area (Å²) < 4.78 is 10.6. The molecule has 1 heterocycles. The Morgan fingerprint density at radius 3 is 2.48 bits per heavy atom. The molecule has 27 heavy (non-hydrogen) atoms. The summed E-state index contributed by atoms with van der Waals surface area (Å²) in [6.07, 6.45) is 0.765. The largest absolute Gasteiger partial charge is 0.493 e. The summed E-state index contributed by atoms with van der Waals surface area (Å²) in [5, 5.41) is 3.01. The van der Waals surface area contributed by atoms with E-state index in [9.17, 15) is 9.59 Å². The SMILES string of the molecule is COc1ccc(C(C)NC(=O)c2ccc3c(c2)CCN3C(C)=O)cc1OC. The van der Waals surface area contributed by atoms with Crippen molar-refractivity contribution in [3.05, 3.63) is 53.1 Å². The summed E-state index contributed by atoms with van der Waals surface area (Å²) in [4.78, 5) is 26.1. The van der Waals surface area contributed by atoms with Gasteiger partial charge in [-0.25, -0.2) is 0 Å². The second kappa shape index (κ2) is 7.70. The molecule has 6 heteroatoms. The summed E-state index contributed by atoms with van der Waals surface area (Å²) in [5.74, 6) is 1.14. The molecule has 0 saturated heterocycles. The van der Waals surface area contributed by atoms with E-state index in [0.29, 0.717) is 23.6 Å². The lowest BCUT2D eigenvalue weighted by Gasteiger charge is -2.17. The lowest BCUT2D eigenvalue weighted by atomic mass is 10.1. The fourth-order valence-electron chi connectivity index (χ4n) is 3.36. The first kappa shape index (κ1) is 18.8. The number of nitrogens with zero attached hydrogens (tertiary/aromatic N) is 1. The Hall–Kier alpha value is -3.02. The van der Waals surface area contributed by atoms with Crippen LogP contribution in [-0.4, -0.2) is 32.6 Å². The maximum absolute atomic E-state index is 12.7. The summed E-state index contributed by atoms with van der Waals surface area (Å²) in [6, 6.07) is 10.9. The average Bonchev–Trinajstić information content (AvgIpc) is 3.10. The van der Waals surface area contributed by atoms with Crippen molar-refractivity contribution in [3.63, 3.8) is 0 Å². The number of nitrogens with one attached hydrogen (secondary N) is 1. The third kappa shape index (κ3) is 3.74. The summed E-state index contributed by atoms with van der Waals surface area (Å²) >= 11 is 0. The summed E-state index contributed by atoms with van der Waals surface area (Å²) in [7, 11) is 3.17. The smallest absolute Gasteiger partial charge is 0.251 e. The van der Waals surface area contributed by atoms with E-state index in [1.807, 2.05) is 37.3 Å². The van der Waals surface area contributed by atoms with E-state index in [2.05, 4.69) is 5.32 Å². The van der Waals surface area contributed by atoms with Crippen LogP contribution in [0.4, 0.5) is 5.69 Å². The molecule has 1 atom stereocenters. The summed E-state index contributed by atoms with van der Waals surface area (Å²) in [5.41, 5.74) is 3.43. The Morgan fingerprint density at radius 1 is 1.07 bits per heavy atom. The third-order valence-corrected chi connectivity index (χ3v) is 4.87. The third-order valence-electron chi connectivity index (χ3n) is 4.87. The van der Waals surface area contributed by atoms with Crippen molar-refractivity contribution < 1.29 is 19.1 Å². The van der Waals surface area contributed by atoms with Crippen molar-refractivity contribution in [3.8, 4) is 11.5 Å². The molecular formula is C21H24N2O4. The van der Waals surface area contributed by atoms with E-state index >= 15 is 0 Å². The number of fused-ring (bicyclic) bond motifs is 1. The van der Waals surface area contributed by atoms with Crippen LogP contribution in [0.15, 0.2) is 36.4 Å². The first-order chi connectivity index (χ1) is 12.9. The maximum atomic E-state index is 12.7. The topological polar surface area (TPSA) is 67.9 Å². The Labute approximate surface area is 159 Å². The highest BCUT2D eigenvalue weighted by Crippen LogP contribution is 2.31. The zero-order valence-corrected chi connectivity index (χ0v) is 16.0. The van der Waals surface area contributed by atoms with Gasteiger partial charge in [0.25, 0.3) is 5.91 Å². The molecule has 1 N–H and O–H groups in total. The molecule has 0 spiro atoms. The van der Waals surface area contributed by atoms with E-state index < -0.39 is 0 Å². The van der Waals surface area contributed by atoms with E-state index in [4.69, 9.17) is 9.47 Å². The molecule has 1 aliphatic heterocycles. The molecular weight excluding hydrogens is 344 g/mol. The number of methoxy groups -OCH3 is 2. The van der Waals surface area contributed by atoms with Gasteiger partial charge in [-0.2, -0.15) is 0 Å². The Balaban J connectivity index is 1.75. The molecule has 1 unspecified atom stereocenters. The number of rotatable bonds is 5. The van der Waals surface area contributed by atoms with Gasteiger partial charge in [0.2, 0.25) is 5.91 Å². The van der Waals surface area contributed by atoms with Crippen LogP contribution in [-0.2, 0) is 11.2 Å². The number of carbonyl (C=O) groups excluding carboxylic acids is 2. The Bertz CT molecular complexity index is 878. The molecule has 1 aliphatic rings. The number of hydrogen-bond acceptors (Lipinski definition) is 4. The van der Waals surface area contributed by atoms with Crippen LogP contribution in [0.3, 0.4) is 0 Å². The standard InChI is InChI=1S/C21H24N2O4/c1-13(15-6-8-19(26-3)20(12-15)27-4)22-21(25)17-5-7-18-16(11-17)9-10-23(18)14(2)24/h5-8,11-13H,9-10H2,1-4H3,(H,22,25). The lowest BCUT2D eigenvalue weighted by molar-refractivity contribution is -0.116. The molecule has 0 saturated carbocycles. The van der Waals surface area contributed by atoms with Crippen molar-refractivity contribution in [1.82, 2.24) is 5.32 Å². The monoisotopic (exact) mass is 368 g/mol. The molecule has 2 amide bonds. The van der Waals surface area contributed by atoms with E-state index in [1.165, 1.54) is 0 Å². The molecule has 6 nitrogen and oxygen atoms in total. The molecule has 142 valence electrons. The predicted octanol–water partition coefficient (Wildman–Crippen LogP) is 3.10. The van der Waals surface area contributed by atoms with Gasteiger partial charge in [0.1, 0.15) is 0 Å². The zero-order chi connectivity index (χ0) is 19.6. The van der Waals surface area contributed by atoms with Crippen LogP contribution in [0.1, 0.15) is 41.4 Å². The minimum atomic E-state index is -0.195. The average molecular weight is 368 g/mol. The lowest BCUT2D eigenvalue weighted by Crippen LogP contribution is -2.27. The van der Waals surface area contributed by atoms with Crippen LogP contribution in [0, 0.1) is 0 Å². The van der Waals surface area contributed by atoms with Crippen LogP contribution < -0.4 is 19.7 Å². The predicted molar refractivity (Wildman–Crippen MR) is 104 cm³/mol. The molecule has 0 aromatic heterocycles. The van der Waals surface area contributed by atoms with Gasteiger partial charge in [0, 0.05) is 24.7 Å². The first-order valence-electron chi connectivity index (χ1n) is 8.88. The number of ether oxygens (including phenoxy) is 2. The molecule has 0 fully saturated rings. The van der Waals surface area contributed by atoms with Gasteiger partial charge in [0.05, 0.1) is 20.3 Å². The quantitative estimate of drug-likeness (QED) is 0.881. The zero-order valence-electron chi connectivity index (χ0n) is 16.0. The molecule has 0 radical (unpaired) electrons. The minimum Gasteiger partial charge on any atom is -0.493 e. The van der Waals surface area contributed by atoms with Crippen LogP contribution in [0.2, 0.25) is 0 Å². The van der Waals surface area contributed by atoms with Crippen LogP contribution >= 0.6 is 0 Å². The highest BCUT2D eigenvalue weighted by atomic mass is 16.5. The van der Waals surface area contributed by atoms with Gasteiger partial charge < -0.3 is 19.7 Å². The first-order valence-corrected chi connectivity index (χ1v) is 8.88. The van der Waals surface area contributed by atoms with Crippen LogP contribution in [0.25, 0.3) is 0 Å². The Morgan fingerprint density at radius 2 is 1.81 bits per heavy atom. The van der Waals surface area contributed by atoms with Crippen molar-refractivity contribution in [1.29, 1.82) is 0 Å². The van der Waals surface area contributed by atoms with Gasteiger partial charge >= 0.3 is 0 Å². The van der Waals surface area contributed by atoms with Crippen molar-refractivity contribution in [2.45, 2.75) is 26.3 Å². The molecule has 0 aliphatic carbocycles. The normalized spacial score (nSPS) is 13.7. The number of benzene rings is 2. The Kier molecular flexibility index (Phi) is 5.35. The number of amides is 2. The van der Waals surface area contributed by atoms with E-state index in [0.717, 1.165) is 23.2 Å². The van der Waals surface area contributed by atoms with Crippen molar-refractivity contribution in [2.24, 2.45) is 0 Å². The van der Waals surface area contributed by atoms with Gasteiger partial charge in [-0.05, 0) is 54.8 Å². The van der Waals surface area contributed by atoms with Gasteiger partial charge in [-0.3, -0.25) is 9.59 Å². The molecule has 3 rings (SSSR count). The number of anilines is 1. The summed E-state index contributed by atoms with van der Waals surface area (Å²) in [6.45, 7) is 4.14. The highest BCUT2D eigenvalue weighted by Gasteiger charge is 2.23. The minimum absolute atomic E-state index is 0.0213. The second-order valence-corrected chi connectivity index (χ2v) is 6.57. The molecule has 2 aromatic carbocycles. The van der Waals surface area contributed by atoms with Crippen molar-refractivity contribution in [2.75, 3.05) is 25.7 Å². The van der Waals surface area contributed by atoms with Crippen molar-refractivity contribution >= 4 is 17.5 Å². The van der Waals surface area contributed by atoms with E-state index in [-0.39, 0.29) is 17.9 Å². The molecule has 2 aromatic rings.